The number of carbonyl (C=O) groups excluding carboxylic acids is 2. The summed E-state index contributed by atoms with van der Waals surface area (Å²) in [7, 11) is 0. The average Bonchev–Trinajstić information content (AvgIpc) is 2.98. The van der Waals surface area contributed by atoms with E-state index in [4.69, 9.17) is 4.42 Å². The molecule has 5 nitrogen and oxygen atoms in total. The second kappa shape index (κ2) is 7.02. The third-order valence-corrected chi connectivity index (χ3v) is 4.03. The van der Waals surface area contributed by atoms with E-state index in [9.17, 15) is 14.9 Å². The van der Waals surface area contributed by atoms with Crippen molar-refractivity contribution in [3.63, 3.8) is 0 Å². The third kappa shape index (κ3) is 3.29. The minimum absolute atomic E-state index is 0.0580. The van der Waals surface area contributed by atoms with Gasteiger partial charge in [-0.25, -0.2) is 0 Å². The summed E-state index contributed by atoms with van der Waals surface area (Å²) in [5.74, 6) is -2.64. The van der Waals surface area contributed by atoms with E-state index in [0.717, 1.165) is 10.9 Å². The Labute approximate surface area is 144 Å². The molecule has 25 heavy (non-hydrogen) atoms. The summed E-state index contributed by atoms with van der Waals surface area (Å²) in [6.07, 6.45) is 0. The number of Topliss-reactive ketones (excluding diaryl/α,β-unsaturated/α-hetero) is 1. The fourth-order valence-corrected chi connectivity index (χ4v) is 2.66. The van der Waals surface area contributed by atoms with Crippen LogP contribution in [-0.2, 0) is 11.3 Å². The van der Waals surface area contributed by atoms with Gasteiger partial charge in [-0.2, -0.15) is 5.26 Å². The minimum Gasteiger partial charge on any atom is -0.453 e. The molecule has 3 rings (SSSR count). The van der Waals surface area contributed by atoms with Crippen LogP contribution in [0.4, 0.5) is 0 Å². The van der Waals surface area contributed by atoms with Crippen molar-refractivity contribution in [2.45, 2.75) is 13.5 Å². The fourth-order valence-electron chi connectivity index (χ4n) is 2.66. The monoisotopic (exact) mass is 332 g/mol. The van der Waals surface area contributed by atoms with Crippen LogP contribution >= 0.6 is 0 Å². The Morgan fingerprint density at radius 1 is 1.12 bits per heavy atom. The molecule has 1 aromatic heterocycles. The van der Waals surface area contributed by atoms with Crippen molar-refractivity contribution in [1.82, 2.24) is 5.32 Å². The Kier molecular flexibility index (Phi) is 4.62. The largest absolute Gasteiger partial charge is 0.453 e. The van der Waals surface area contributed by atoms with Crippen molar-refractivity contribution in [2.24, 2.45) is 5.92 Å². The lowest BCUT2D eigenvalue weighted by atomic mass is 9.99. The van der Waals surface area contributed by atoms with Crippen LogP contribution in [-0.4, -0.2) is 11.7 Å². The van der Waals surface area contributed by atoms with Crippen LogP contribution < -0.4 is 5.32 Å². The number of hydrogen-bond acceptors (Lipinski definition) is 4. The van der Waals surface area contributed by atoms with E-state index in [0.29, 0.717) is 11.1 Å². The highest BCUT2D eigenvalue weighted by Crippen LogP contribution is 2.26. The number of benzene rings is 2. The van der Waals surface area contributed by atoms with Gasteiger partial charge in [0.05, 0.1) is 6.07 Å². The Hall–Kier alpha value is -3.39. The first-order valence-corrected chi connectivity index (χ1v) is 7.85. The van der Waals surface area contributed by atoms with Crippen LogP contribution in [0, 0.1) is 24.2 Å². The quantitative estimate of drug-likeness (QED) is 0.573. The maximum absolute atomic E-state index is 12.6. The number of nitriles is 1. The van der Waals surface area contributed by atoms with E-state index in [1.54, 1.807) is 25.1 Å². The fraction of sp³-hybridized carbons (Fsp3) is 0.150. The topological polar surface area (TPSA) is 83.1 Å². The third-order valence-electron chi connectivity index (χ3n) is 4.03. The molecule has 0 saturated carbocycles. The van der Waals surface area contributed by atoms with Gasteiger partial charge in [-0.15, -0.1) is 0 Å². The van der Waals surface area contributed by atoms with Gasteiger partial charge in [0.2, 0.25) is 11.7 Å². The molecule has 2 aromatic carbocycles. The number of furan rings is 1. The standard InChI is InChI=1S/C20H16N2O3/c1-13-15-9-5-6-10-17(15)25-19(13)18(23)16(11-21)20(24)22-12-14-7-3-2-4-8-14/h2-10,16H,12H2,1H3,(H,22,24). The highest BCUT2D eigenvalue weighted by Gasteiger charge is 2.31. The predicted octanol–water partition coefficient (Wildman–Crippen LogP) is 3.38. The van der Waals surface area contributed by atoms with Gasteiger partial charge in [-0.3, -0.25) is 9.59 Å². The molecular weight excluding hydrogens is 316 g/mol. The van der Waals surface area contributed by atoms with Crippen LogP contribution in [0.2, 0.25) is 0 Å². The molecule has 0 saturated heterocycles. The number of amides is 1. The van der Waals surface area contributed by atoms with E-state index in [1.165, 1.54) is 0 Å². The summed E-state index contributed by atoms with van der Waals surface area (Å²) in [6.45, 7) is 2.00. The van der Waals surface area contributed by atoms with E-state index < -0.39 is 17.6 Å². The van der Waals surface area contributed by atoms with E-state index in [2.05, 4.69) is 5.32 Å². The molecule has 1 unspecified atom stereocenters. The number of nitrogens with zero attached hydrogens (tertiary/aromatic N) is 1. The smallest absolute Gasteiger partial charge is 0.245 e. The summed E-state index contributed by atoms with van der Waals surface area (Å²) < 4.78 is 5.58. The summed E-state index contributed by atoms with van der Waals surface area (Å²) >= 11 is 0. The van der Waals surface area contributed by atoms with Gasteiger partial charge in [0, 0.05) is 17.5 Å². The highest BCUT2D eigenvalue weighted by molar-refractivity contribution is 6.13. The highest BCUT2D eigenvalue weighted by atomic mass is 16.3. The van der Waals surface area contributed by atoms with Crippen LogP contribution in [0.5, 0.6) is 0 Å². The maximum atomic E-state index is 12.6. The number of fused-ring (bicyclic) bond motifs is 1. The molecule has 1 atom stereocenters. The van der Waals surface area contributed by atoms with Gasteiger partial charge < -0.3 is 9.73 Å². The van der Waals surface area contributed by atoms with Gasteiger partial charge in [-0.1, -0.05) is 48.5 Å². The first kappa shape index (κ1) is 16.5. The molecule has 0 spiro atoms. The van der Waals surface area contributed by atoms with Gasteiger partial charge >= 0.3 is 0 Å². The second-order valence-electron chi connectivity index (χ2n) is 5.68. The molecule has 1 N–H and O–H groups in total. The zero-order chi connectivity index (χ0) is 17.8. The maximum Gasteiger partial charge on any atom is 0.245 e. The summed E-state index contributed by atoms with van der Waals surface area (Å²) in [4.78, 5) is 24.9. The van der Waals surface area contributed by atoms with Crippen molar-refractivity contribution < 1.29 is 14.0 Å². The number of rotatable bonds is 5. The summed E-state index contributed by atoms with van der Waals surface area (Å²) in [6, 6.07) is 18.3. The van der Waals surface area contributed by atoms with Crippen molar-refractivity contribution in [3.05, 3.63) is 71.5 Å². The molecule has 0 aliphatic rings. The van der Waals surface area contributed by atoms with Crippen molar-refractivity contribution in [1.29, 1.82) is 5.26 Å². The van der Waals surface area contributed by atoms with Crippen LogP contribution in [0.1, 0.15) is 21.7 Å². The number of ketones is 1. The zero-order valence-corrected chi connectivity index (χ0v) is 13.7. The second-order valence-corrected chi connectivity index (χ2v) is 5.68. The van der Waals surface area contributed by atoms with Gasteiger partial charge in [0.1, 0.15) is 5.58 Å². The van der Waals surface area contributed by atoms with Crippen molar-refractivity contribution >= 4 is 22.7 Å². The predicted molar refractivity (Wildman–Crippen MR) is 92.7 cm³/mol. The molecule has 124 valence electrons. The number of para-hydroxylation sites is 1. The number of aryl methyl sites for hydroxylation is 1. The lowest BCUT2D eigenvalue weighted by molar-refractivity contribution is -0.122. The van der Waals surface area contributed by atoms with Crippen LogP contribution in [0.3, 0.4) is 0 Å². The molecule has 0 bridgehead atoms. The molecule has 0 fully saturated rings. The Balaban J connectivity index is 1.79. The molecule has 3 aromatic rings. The molecular formula is C20H16N2O3. The van der Waals surface area contributed by atoms with E-state index in [1.807, 2.05) is 42.5 Å². The van der Waals surface area contributed by atoms with E-state index in [-0.39, 0.29) is 12.3 Å². The Morgan fingerprint density at radius 2 is 1.80 bits per heavy atom. The first-order valence-electron chi connectivity index (χ1n) is 7.85. The first-order chi connectivity index (χ1) is 12.1. The molecule has 1 heterocycles. The molecule has 5 heteroatoms. The van der Waals surface area contributed by atoms with E-state index >= 15 is 0 Å². The zero-order valence-electron chi connectivity index (χ0n) is 13.7. The lowest BCUT2D eigenvalue weighted by Crippen LogP contribution is -2.34. The van der Waals surface area contributed by atoms with Crippen LogP contribution in [0.25, 0.3) is 11.0 Å². The Bertz CT molecular complexity index is 968. The summed E-state index contributed by atoms with van der Waals surface area (Å²) in [5, 5.41) is 12.7. The molecule has 0 aliphatic carbocycles. The summed E-state index contributed by atoms with van der Waals surface area (Å²) in [5.41, 5.74) is 2.08. The normalized spacial score (nSPS) is 11.7. The van der Waals surface area contributed by atoms with Crippen molar-refractivity contribution in [3.8, 4) is 6.07 Å². The van der Waals surface area contributed by atoms with Gasteiger partial charge in [0.25, 0.3) is 0 Å². The number of carbonyl (C=O) groups is 2. The van der Waals surface area contributed by atoms with Crippen molar-refractivity contribution in [2.75, 3.05) is 0 Å². The average molecular weight is 332 g/mol. The molecule has 1 amide bonds. The number of hydrogen-bond donors (Lipinski definition) is 1. The molecule has 0 aliphatic heterocycles. The number of nitrogens with one attached hydrogen (secondary N) is 1. The molecule has 0 radical (unpaired) electrons. The lowest BCUT2D eigenvalue weighted by Gasteiger charge is -2.09. The van der Waals surface area contributed by atoms with Gasteiger partial charge in [0.15, 0.2) is 11.7 Å². The van der Waals surface area contributed by atoms with Gasteiger partial charge in [-0.05, 0) is 18.6 Å². The minimum atomic E-state index is -1.44. The van der Waals surface area contributed by atoms with Crippen LogP contribution in [0.15, 0.2) is 59.0 Å². The SMILES string of the molecule is Cc1c(C(=O)C(C#N)C(=O)NCc2ccccc2)oc2ccccc12. The Morgan fingerprint density at radius 3 is 2.48 bits per heavy atom.